The lowest BCUT2D eigenvalue weighted by atomic mass is 10.4. The van der Waals surface area contributed by atoms with E-state index in [1.807, 2.05) is 13.8 Å². The van der Waals surface area contributed by atoms with Crippen LogP contribution in [0.4, 0.5) is 5.82 Å². The fourth-order valence-corrected chi connectivity index (χ4v) is 0.851. The van der Waals surface area contributed by atoms with Gasteiger partial charge in [-0.2, -0.15) is 0 Å². The summed E-state index contributed by atoms with van der Waals surface area (Å²) in [7, 11) is 0. The van der Waals surface area contributed by atoms with Crippen molar-refractivity contribution in [3.8, 4) is 0 Å². The van der Waals surface area contributed by atoms with Crippen molar-refractivity contribution in [2.45, 2.75) is 19.9 Å². The van der Waals surface area contributed by atoms with E-state index in [1.54, 1.807) is 12.4 Å². The first-order valence-electron chi connectivity index (χ1n) is 3.43. The smallest absolute Gasteiger partial charge is 0.171 e. The molecule has 0 atom stereocenters. The maximum atomic E-state index is 5.73. The third kappa shape index (κ3) is 2.35. The topological polar surface area (TPSA) is 37.8 Å². The Hall–Kier alpha value is -0.830. The molecule has 0 bridgehead atoms. The number of hydrogen-bond donors (Lipinski definition) is 1. The van der Waals surface area contributed by atoms with Crippen molar-refractivity contribution in [2.24, 2.45) is 0 Å². The van der Waals surface area contributed by atoms with Gasteiger partial charge in [-0.25, -0.2) is 9.97 Å². The summed E-state index contributed by atoms with van der Waals surface area (Å²) in [5.74, 6) is 0.643. The minimum absolute atomic E-state index is 0.323. The van der Waals surface area contributed by atoms with Crippen LogP contribution in [0.5, 0.6) is 0 Å². The summed E-state index contributed by atoms with van der Waals surface area (Å²) in [6.07, 6.45) is 3.17. The maximum Gasteiger partial charge on any atom is 0.171 e. The average Bonchev–Trinajstić information content (AvgIpc) is 1.93. The van der Waals surface area contributed by atoms with Crippen LogP contribution in [0.25, 0.3) is 0 Å². The highest BCUT2D eigenvalue weighted by atomic mass is 35.5. The Morgan fingerprint density at radius 1 is 1.36 bits per heavy atom. The number of nitrogens with zero attached hydrogens (tertiary/aromatic N) is 2. The number of halogens is 1. The van der Waals surface area contributed by atoms with Crippen LogP contribution in [0, 0.1) is 0 Å². The predicted molar refractivity (Wildman–Crippen MR) is 45.8 cm³/mol. The standard InChI is InChI=1S/C7H10ClN3/c1-5(2)11-7-6(8)9-3-4-10-7/h3-5H,1-2H3,(H,10,11). The number of anilines is 1. The van der Waals surface area contributed by atoms with Crippen LogP contribution < -0.4 is 5.32 Å². The largest absolute Gasteiger partial charge is 0.365 e. The molecule has 0 spiro atoms. The summed E-state index contributed by atoms with van der Waals surface area (Å²) in [6, 6.07) is 0.323. The van der Waals surface area contributed by atoms with E-state index in [2.05, 4.69) is 15.3 Å². The first kappa shape index (κ1) is 8.27. The molecular weight excluding hydrogens is 162 g/mol. The molecule has 11 heavy (non-hydrogen) atoms. The van der Waals surface area contributed by atoms with Gasteiger partial charge in [0.2, 0.25) is 0 Å². The highest BCUT2D eigenvalue weighted by Gasteiger charge is 2.01. The quantitative estimate of drug-likeness (QED) is 0.739. The van der Waals surface area contributed by atoms with Gasteiger partial charge in [0.15, 0.2) is 11.0 Å². The van der Waals surface area contributed by atoms with E-state index in [1.165, 1.54) is 0 Å². The number of nitrogens with one attached hydrogen (secondary N) is 1. The third-order valence-corrected chi connectivity index (χ3v) is 1.36. The van der Waals surface area contributed by atoms with Crippen LogP contribution in [-0.2, 0) is 0 Å². The lowest BCUT2D eigenvalue weighted by Crippen LogP contribution is -2.11. The van der Waals surface area contributed by atoms with Crippen molar-refractivity contribution in [3.05, 3.63) is 17.5 Å². The summed E-state index contributed by atoms with van der Waals surface area (Å²) in [4.78, 5) is 7.89. The highest BCUT2D eigenvalue weighted by Crippen LogP contribution is 2.14. The molecule has 0 aliphatic heterocycles. The normalized spacial score (nSPS) is 10.2. The van der Waals surface area contributed by atoms with Gasteiger partial charge in [-0.1, -0.05) is 11.6 Å². The van der Waals surface area contributed by atoms with Gasteiger partial charge in [-0.05, 0) is 13.8 Å². The molecule has 0 aliphatic carbocycles. The lowest BCUT2D eigenvalue weighted by molar-refractivity contribution is 0.886. The third-order valence-electron chi connectivity index (χ3n) is 1.08. The second-order valence-electron chi connectivity index (χ2n) is 2.49. The summed E-state index contributed by atoms with van der Waals surface area (Å²) in [6.45, 7) is 4.04. The van der Waals surface area contributed by atoms with Gasteiger partial charge in [0.25, 0.3) is 0 Å². The molecule has 60 valence electrons. The molecule has 1 N–H and O–H groups in total. The van der Waals surface area contributed by atoms with Gasteiger partial charge in [-0.3, -0.25) is 0 Å². The SMILES string of the molecule is CC(C)Nc1nccnc1Cl. The molecule has 1 rings (SSSR count). The van der Waals surface area contributed by atoms with Crippen molar-refractivity contribution < 1.29 is 0 Å². The van der Waals surface area contributed by atoms with E-state index >= 15 is 0 Å². The maximum absolute atomic E-state index is 5.73. The molecule has 1 aromatic rings. The van der Waals surface area contributed by atoms with Gasteiger partial charge in [0.1, 0.15) is 0 Å². The van der Waals surface area contributed by atoms with E-state index in [4.69, 9.17) is 11.6 Å². The number of rotatable bonds is 2. The monoisotopic (exact) mass is 171 g/mol. The summed E-state index contributed by atoms with van der Waals surface area (Å²) in [5, 5.41) is 3.49. The Balaban J connectivity index is 2.78. The molecule has 1 heterocycles. The van der Waals surface area contributed by atoms with Crippen molar-refractivity contribution in [1.29, 1.82) is 0 Å². The van der Waals surface area contributed by atoms with Crippen LogP contribution in [0.1, 0.15) is 13.8 Å². The Morgan fingerprint density at radius 3 is 2.55 bits per heavy atom. The predicted octanol–water partition coefficient (Wildman–Crippen LogP) is 1.95. The molecule has 0 aromatic carbocycles. The highest BCUT2D eigenvalue weighted by molar-refractivity contribution is 6.31. The second-order valence-corrected chi connectivity index (χ2v) is 2.85. The Morgan fingerprint density at radius 2 is 2.00 bits per heavy atom. The molecule has 4 heteroatoms. The van der Waals surface area contributed by atoms with E-state index in [-0.39, 0.29) is 0 Å². The summed E-state index contributed by atoms with van der Waals surface area (Å²) >= 11 is 5.73. The Bertz CT molecular complexity index is 237. The first-order chi connectivity index (χ1) is 5.20. The fraction of sp³-hybridized carbons (Fsp3) is 0.429. The zero-order valence-corrected chi connectivity index (χ0v) is 7.26. The van der Waals surface area contributed by atoms with E-state index < -0.39 is 0 Å². The zero-order chi connectivity index (χ0) is 8.27. The summed E-state index contributed by atoms with van der Waals surface area (Å²) < 4.78 is 0. The molecular formula is C7H10ClN3. The first-order valence-corrected chi connectivity index (χ1v) is 3.81. The van der Waals surface area contributed by atoms with E-state index in [0.29, 0.717) is 17.0 Å². The minimum Gasteiger partial charge on any atom is -0.365 e. The van der Waals surface area contributed by atoms with Gasteiger partial charge in [-0.15, -0.1) is 0 Å². The Labute approximate surface area is 70.8 Å². The van der Waals surface area contributed by atoms with Crippen molar-refractivity contribution in [2.75, 3.05) is 5.32 Å². The molecule has 1 aromatic heterocycles. The minimum atomic E-state index is 0.323. The van der Waals surface area contributed by atoms with E-state index in [9.17, 15) is 0 Å². The van der Waals surface area contributed by atoms with Crippen LogP contribution in [0.15, 0.2) is 12.4 Å². The lowest BCUT2D eigenvalue weighted by Gasteiger charge is -2.08. The molecule has 0 saturated heterocycles. The summed E-state index contributed by atoms with van der Waals surface area (Å²) in [5.41, 5.74) is 0. The number of hydrogen-bond acceptors (Lipinski definition) is 3. The van der Waals surface area contributed by atoms with Gasteiger partial charge in [0, 0.05) is 18.4 Å². The number of aromatic nitrogens is 2. The zero-order valence-electron chi connectivity index (χ0n) is 6.50. The van der Waals surface area contributed by atoms with Crippen LogP contribution in [-0.4, -0.2) is 16.0 Å². The Kier molecular flexibility index (Phi) is 2.65. The fourth-order valence-electron chi connectivity index (χ4n) is 0.691. The molecule has 3 nitrogen and oxygen atoms in total. The molecule has 0 amide bonds. The van der Waals surface area contributed by atoms with Crippen LogP contribution in [0.3, 0.4) is 0 Å². The van der Waals surface area contributed by atoms with Crippen LogP contribution >= 0.6 is 11.6 Å². The van der Waals surface area contributed by atoms with Gasteiger partial charge in [0.05, 0.1) is 0 Å². The molecule has 0 fully saturated rings. The molecule has 0 radical (unpaired) electrons. The molecule has 0 aliphatic rings. The van der Waals surface area contributed by atoms with Crippen molar-refractivity contribution >= 4 is 17.4 Å². The average molecular weight is 172 g/mol. The van der Waals surface area contributed by atoms with Gasteiger partial charge < -0.3 is 5.32 Å². The molecule has 0 saturated carbocycles. The second kappa shape index (κ2) is 3.53. The van der Waals surface area contributed by atoms with E-state index in [0.717, 1.165) is 0 Å². The van der Waals surface area contributed by atoms with Crippen LogP contribution in [0.2, 0.25) is 5.15 Å². The molecule has 0 unspecified atom stereocenters. The van der Waals surface area contributed by atoms with Crippen molar-refractivity contribution in [1.82, 2.24) is 9.97 Å². The van der Waals surface area contributed by atoms with Crippen molar-refractivity contribution in [3.63, 3.8) is 0 Å². The van der Waals surface area contributed by atoms with Gasteiger partial charge >= 0.3 is 0 Å².